The van der Waals surface area contributed by atoms with Gasteiger partial charge in [0.1, 0.15) is 12.0 Å². The molecule has 2 heterocycles. The molecule has 0 atom stereocenters. The van der Waals surface area contributed by atoms with Gasteiger partial charge in [-0.2, -0.15) is 0 Å². The van der Waals surface area contributed by atoms with Crippen LogP contribution in [0.25, 0.3) is 5.69 Å². The van der Waals surface area contributed by atoms with Gasteiger partial charge in [-0.05, 0) is 25.0 Å². The number of para-hydroxylation sites is 1. The molecule has 0 unspecified atom stereocenters. The SMILES string of the molecule is COc1cc(=O)n(-c2ccccc2)cc1C(=O)NCCCc1cnoc1. The van der Waals surface area contributed by atoms with Crippen molar-refractivity contribution in [2.45, 2.75) is 12.8 Å². The van der Waals surface area contributed by atoms with Crippen molar-refractivity contribution in [2.24, 2.45) is 0 Å². The van der Waals surface area contributed by atoms with Crippen molar-refractivity contribution in [3.63, 3.8) is 0 Å². The molecule has 0 saturated carbocycles. The molecule has 134 valence electrons. The fourth-order valence-corrected chi connectivity index (χ4v) is 2.59. The molecule has 1 aromatic carbocycles. The molecule has 1 N–H and O–H groups in total. The van der Waals surface area contributed by atoms with Gasteiger partial charge in [0.05, 0.1) is 18.9 Å². The normalized spacial score (nSPS) is 10.5. The lowest BCUT2D eigenvalue weighted by atomic mass is 10.2. The van der Waals surface area contributed by atoms with Crippen molar-refractivity contribution < 1.29 is 14.1 Å². The van der Waals surface area contributed by atoms with E-state index in [2.05, 4.69) is 10.5 Å². The minimum Gasteiger partial charge on any atom is -0.496 e. The Morgan fingerprint density at radius 3 is 2.81 bits per heavy atom. The molecule has 0 fully saturated rings. The van der Waals surface area contributed by atoms with Crippen molar-refractivity contribution in [2.75, 3.05) is 13.7 Å². The summed E-state index contributed by atoms with van der Waals surface area (Å²) in [4.78, 5) is 24.8. The second-order valence-electron chi connectivity index (χ2n) is 5.69. The molecule has 3 aromatic rings. The summed E-state index contributed by atoms with van der Waals surface area (Å²) in [6.07, 6.45) is 6.24. The molecule has 0 aliphatic rings. The number of carbonyl (C=O) groups is 1. The van der Waals surface area contributed by atoms with Crippen molar-refractivity contribution in [3.05, 3.63) is 76.5 Å². The second-order valence-corrected chi connectivity index (χ2v) is 5.69. The number of hydrogen-bond acceptors (Lipinski definition) is 5. The van der Waals surface area contributed by atoms with Crippen molar-refractivity contribution in [3.8, 4) is 11.4 Å². The third kappa shape index (κ3) is 4.00. The number of carbonyl (C=O) groups excluding carboxylic acids is 1. The minimum absolute atomic E-state index is 0.249. The predicted molar refractivity (Wildman–Crippen MR) is 95.7 cm³/mol. The Kier molecular flexibility index (Phi) is 5.48. The van der Waals surface area contributed by atoms with Crippen LogP contribution in [0.4, 0.5) is 0 Å². The standard InChI is InChI=1S/C19H19N3O4/c1-25-17-10-18(23)22(15-7-3-2-4-8-15)12-16(17)19(24)20-9-5-6-14-11-21-26-13-14/h2-4,7-8,10-13H,5-6,9H2,1H3,(H,20,24). The van der Waals surface area contributed by atoms with E-state index in [0.717, 1.165) is 18.4 Å². The molecule has 3 rings (SSSR count). The Morgan fingerprint density at radius 1 is 1.31 bits per heavy atom. The summed E-state index contributed by atoms with van der Waals surface area (Å²) in [5.74, 6) is -0.0458. The average molecular weight is 353 g/mol. The highest BCUT2D eigenvalue weighted by Gasteiger charge is 2.15. The quantitative estimate of drug-likeness (QED) is 0.658. The number of hydrogen-bond donors (Lipinski definition) is 1. The van der Waals surface area contributed by atoms with Gasteiger partial charge in [-0.25, -0.2) is 0 Å². The van der Waals surface area contributed by atoms with Crippen LogP contribution in [0.5, 0.6) is 5.75 Å². The number of rotatable bonds is 7. The Balaban J connectivity index is 1.74. The highest BCUT2D eigenvalue weighted by atomic mass is 16.5. The summed E-state index contributed by atoms with van der Waals surface area (Å²) in [5, 5.41) is 6.49. The molecule has 0 aliphatic heterocycles. The number of nitrogens with zero attached hydrogens (tertiary/aromatic N) is 2. The van der Waals surface area contributed by atoms with E-state index in [-0.39, 0.29) is 17.2 Å². The van der Waals surface area contributed by atoms with Gasteiger partial charge in [-0.1, -0.05) is 23.4 Å². The van der Waals surface area contributed by atoms with Gasteiger partial charge in [0, 0.05) is 30.1 Å². The maximum absolute atomic E-state index is 12.5. The van der Waals surface area contributed by atoms with E-state index in [9.17, 15) is 9.59 Å². The molecule has 7 heteroatoms. The molecule has 1 amide bonds. The van der Waals surface area contributed by atoms with Crippen LogP contribution in [0.15, 0.2) is 64.4 Å². The van der Waals surface area contributed by atoms with Crippen molar-refractivity contribution in [1.29, 1.82) is 0 Å². The number of benzene rings is 1. The first-order valence-corrected chi connectivity index (χ1v) is 8.21. The maximum Gasteiger partial charge on any atom is 0.258 e. The topological polar surface area (TPSA) is 86.4 Å². The lowest BCUT2D eigenvalue weighted by Crippen LogP contribution is -2.28. The molecule has 2 aromatic heterocycles. The van der Waals surface area contributed by atoms with Crippen LogP contribution in [0, 0.1) is 0 Å². The summed E-state index contributed by atoms with van der Waals surface area (Å²) in [5.41, 5.74) is 1.70. The van der Waals surface area contributed by atoms with Gasteiger partial charge in [0.25, 0.3) is 11.5 Å². The third-order valence-electron chi connectivity index (χ3n) is 3.93. The molecular formula is C19H19N3O4. The summed E-state index contributed by atoms with van der Waals surface area (Å²) in [6.45, 7) is 0.484. The van der Waals surface area contributed by atoms with Gasteiger partial charge in [-0.15, -0.1) is 0 Å². The number of ether oxygens (including phenoxy) is 1. The fourth-order valence-electron chi connectivity index (χ4n) is 2.59. The third-order valence-corrected chi connectivity index (χ3v) is 3.93. The predicted octanol–water partition coefficient (Wildman–Crippen LogP) is 2.20. The van der Waals surface area contributed by atoms with Gasteiger partial charge < -0.3 is 14.6 Å². The van der Waals surface area contributed by atoms with Crippen LogP contribution in [-0.2, 0) is 6.42 Å². The minimum atomic E-state index is -0.295. The molecular weight excluding hydrogens is 334 g/mol. The van der Waals surface area contributed by atoms with Crippen LogP contribution in [-0.4, -0.2) is 29.3 Å². The smallest absolute Gasteiger partial charge is 0.258 e. The first kappa shape index (κ1) is 17.5. The van der Waals surface area contributed by atoms with Crippen LogP contribution in [0.3, 0.4) is 0 Å². The van der Waals surface area contributed by atoms with E-state index >= 15 is 0 Å². The Bertz CT molecular complexity index is 918. The molecule has 0 saturated heterocycles. The first-order valence-electron chi connectivity index (χ1n) is 8.21. The highest BCUT2D eigenvalue weighted by Crippen LogP contribution is 2.17. The molecule has 0 radical (unpaired) electrons. The van der Waals surface area contributed by atoms with Gasteiger partial charge in [0.15, 0.2) is 0 Å². The molecule has 26 heavy (non-hydrogen) atoms. The van der Waals surface area contributed by atoms with Crippen molar-refractivity contribution in [1.82, 2.24) is 15.0 Å². The summed E-state index contributed by atoms with van der Waals surface area (Å²) in [6, 6.07) is 10.4. The second kappa shape index (κ2) is 8.15. The van der Waals surface area contributed by atoms with E-state index in [1.54, 1.807) is 24.6 Å². The number of aromatic nitrogens is 2. The number of pyridine rings is 1. The highest BCUT2D eigenvalue weighted by molar-refractivity contribution is 5.96. The Labute approximate surface area is 150 Å². The Hall–Kier alpha value is -3.35. The molecule has 0 aliphatic carbocycles. The van der Waals surface area contributed by atoms with E-state index in [4.69, 9.17) is 9.26 Å². The number of nitrogens with one attached hydrogen (secondary N) is 1. The zero-order valence-electron chi connectivity index (χ0n) is 14.3. The van der Waals surface area contributed by atoms with Crippen LogP contribution in [0.2, 0.25) is 0 Å². The van der Waals surface area contributed by atoms with E-state index in [1.165, 1.54) is 23.9 Å². The van der Waals surface area contributed by atoms with Gasteiger partial charge in [0.2, 0.25) is 0 Å². The largest absolute Gasteiger partial charge is 0.496 e. The maximum atomic E-state index is 12.5. The van der Waals surface area contributed by atoms with Gasteiger partial charge in [-0.3, -0.25) is 14.2 Å². The first-order chi connectivity index (χ1) is 12.7. The number of methoxy groups -OCH3 is 1. The Morgan fingerprint density at radius 2 is 2.12 bits per heavy atom. The van der Waals surface area contributed by atoms with Gasteiger partial charge >= 0.3 is 0 Å². The summed E-state index contributed by atoms with van der Waals surface area (Å²) in [7, 11) is 1.43. The van der Waals surface area contributed by atoms with Crippen LogP contribution in [0.1, 0.15) is 22.3 Å². The number of aryl methyl sites for hydroxylation is 1. The zero-order valence-corrected chi connectivity index (χ0v) is 14.3. The molecule has 7 nitrogen and oxygen atoms in total. The number of amides is 1. The summed E-state index contributed by atoms with van der Waals surface area (Å²) >= 11 is 0. The van der Waals surface area contributed by atoms with Crippen LogP contribution >= 0.6 is 0 Å². The zero-order chi connectivity index (χ0) is 18.4. The van der Waals surface area contributed by atoms with E-state index < -0.39 is 0 Å². The summed E-state index contributed by atoms with van der Waals surface area (Å²) < 4.78 is 11.4. The van der Waals surface area contributed by atoms with Crippen LogP contribution < -0.4 is 15.6 Å². The average Bonchev–Trinajstić information content (AvgIpc) is 3.19. The monoisotopic (exact) mass is 353 g/mol. The molecule has 0 spiro atoms. The fraction of sp³-hybridized carbons (Fsp3) is 0.211. The molecule has 0 bridgehead atoms. The lowest BCUT2D eigenvalue weighted by molar-refractivity contribution is 0.0949. The lowest BCUT2D eigenvalue weighted by Gasteiger charge is -2.12. The van der Waals surface area contributed by atoms with Crippen molar-refractivity contribution >= 4 is 5.91 Å². The van der Waals surface area contributed by atoms with E-state index in [0.29, 0.717) is 17.8 Å². The van der Waals surface area contributed by atoms with E-state index in [1.807, 2.05) is 18.2 Å².